The van der Waals surface area contributed by atoms with Crippen LogP contribution in [0.25, 0.3) is 0 Å². The Hall–Kier alpha value is -2.54. The molecule has 2 N–H and O–H groups in total. The van der Waals surface area contributed by atoms with E-state index in [1.54, 1.807) is 65.0 Å². The predicted molar refractivity (Wildman–Crippen MR) is 197 cm³/mol. The summed E-state index contributed by atoms with van der Waals surface area (Å²) in [5, 5.41) is 5.04. The number of carbonyl (C=O) groups is 3. The molecule has 0 aliphatic rings. The summed E-state index contributed by atoms with van der Waals surface area (Å²) < 4.78 is 57.6. The number of benzene rings is 2. The van der Waals surface area contributed by atoms with Crippen LogP contribution in [-0.4, -0.2) is 82.4 Å². The Morgan fingerprint density at radius 1 is 0.735 bits per heavy atom. The summed E-state index contributed by atoms with van der Waals surface area (Å²) in [4.78, 5) is 35.5. The van der Waals surface area contributed by atoms with E-state index >= 15 is 0 Å². The van der Waals surface area contributed by atoms with Crippen molar-refractivity contribution in [3.63, 3.8) is 0 Å². The van der Waals surface area contributed by atoms with Gasteiger partial charge < -0.3 is 28.4 Å². The minimum atomic E-state index is -1.62. The van der Waals surface area contributed by atoms with Crippen molar-refractivity contribution in [3.05, 3.63) is 56.5 Å². The van der Waals surface area contributed by atoms with Gasteiger partial charge in [-0.1, -0.05) is 31.9 Å². The molecule has 276 valence electrons. The number of hydrogen-bond donors (Lipinski definition) is 1. The van der Waals surface area contributed by atoms with Gasteiger partial charge in [0.1, 0.15) is 22.5 Å². The number of Topliss-reactive ketones (excluding diaryl/α,β-unsaturated/α-hetero) is 1. The fourth-order valence-electron chi connectivity index (χ4n) is 2.78. The molecule has 0 fully saturated rings. The maximum atomic E-state index is 12.4. The van der Waals surface area contributed by atoms with E-state index in [0.717, 1.165) is 8.95 Å². The molecular weight excluding hydrogens is 812 g/mol. The highest BCUT2D eigenvalue weighted by molar-refractivity contribution is 9.10. The van der Waals surface area contributed by atoms with E-state index in [1.807, 2.05) is 20.8 Å². The Kier molecular flexibility index (Phi) is 21.8. The quantitative estimate of drug-likeness (QED) is 0.0843. The zero-order valence-electron chi connectivity index (χ0n) is 29.4. The monoisotopic (exact) mass is 856 g/mol. The third kappa shape index (κ3) is 17.8. The zero-order chi connectivity index (χ0) is 37.9. The number of esters is 2. The van der Waals surface area contributed by atoms with Gasteiger partial charge in [0.2, 0.25) is 0 Å². The number of methoxy groups -OCH3 is 2. The molecule has 0 aliphatic heterocycles. The van der Waals surface area contributed by atoms with E-state index in [0.29, 0.717) is 11.3 Å². The summed E-state index contributed by atoms with van der Waals surface area (Å²) in [6, 6.07) is 9.81. The highest BCUT2D eigenvalue weighted by Gasteiger charge is 2.26. The van der Waals surface area contributed by atoms with Gasteiger partial charge in [-0.15, -0.1) is 0 Å². The Morgan fingerprint density at radius 3 is 1.53 bits per heavy atom. The summed E-state index contributed by atoms with van der Waals surface area (Å²) in [6.07, 6.45) is 0. The molecule has 0 amide bonds. The third-order valence-corrected chi connectivity index (χ3v) is 8.87. The minimum absolute atomic E-state index is 0.00190. The molecule has 0 spiro atoms. The lowest BCUT2D eigenvalue weighted by atomic mass is 10.1. The molecule has 13 nitrogen and oxygen atoms in total. The maximum absolute atomic E-state index is 12.4. The van der Waals surface area contributed by atoms with Crippen molar-refractivity contribution in [1.82, 2.24) is 0 Å². The van der Waals surface area contributed by atoms with Gasteiger partial charge >= 0.3 is 11.9 Å². The largest absolute Gasteiger partial charge is 0.467 e. The molecule has 0 bridgehead atoms. The lowest BCUT2D eigenvalue weighted by Crippen LogP contribution is -2.27. The van der Waals surface area contributed by atoms with Crippen LogP contribution in [-0.2, 0) is 50.5 Å². The van der Waals surface area contributed by atoms with Gasteiger partial charge in [0.15, 0.2) is 19.3 Å². The summed E-state index contributed by atoms with van der Waals surface area (Å²) in [5.74, 6) is -1.65. The number of rotatable bonds is 13. The first-order chi connectivity index (χ1) is 22.7. The SMILES string of the molecule is CC(C)(C)S(N)=O.CCOC(=O)C(=NS(=O)C(C)(C)C)c1ccc(Br)cc1OCOC.CCOC(=O)C(=O)c1ccc(Br)cc1OCOC. The predicted octanol–water partition coefficient (Wildman–Crippen LogP) is 5.83. The van der Waals surface area contributed by atoms with Crippen molar-refractivity contribution in [2.24, 2.45) is 9.54 Å². The van der Waals surface area contributed by atoms with Gasteiger partial charge in [0.05, 0.1) is 44.8 Å². The van der Waals surface area contributed by atoms with E-state index in [4.69, 9.17) is 28.8 Å². The molecule has 2 rings (SSSR count). The fourth-order valence-corrected chi connectivity index (χ4v) is 4.07. The molecular formula is C32H46Br2N2O11S2. The topological polar surface area (TPSA) is 179 Å². The van der Waals surface area contributed by atoms with E-state index < -0.39 is 44.4 Å². The molecule has 0 heterocycles. The molecule has 2 aromatic rings. The first kappa shape index (κ1) is 46.5. The normalized spacial score (nSPS) is 12.6. The van der Waals surface area contributed by atoms with E-state index in [2.05, 4.69) is 41.0 Å². The van der Waals surface area contributed by atoms with Crippen molar-refractivity contribution < 1.29 is 51.2 Å². The highest BCUT2D eigenvalue weighted by Crippen LogP contribution is 2.27. The first-order valence-electron chi connectivity index (χ1n) is 14.6. The molecule has 17 heteroatoms. The number of halogens is 2. The Bertz CT molecular complexity index is 1470. The Morgan fingerprint density at radius 2 is 1.14 bits per heavy atom. The van der Waals surface area contributed by atoms with Crippen molar-refractivity contribution in [3.8, 4) is 11.5 Å². The van der Waals surface area contributed by atoms with Crippen molar-refractivity contribution >= 4 is 77.3 Å². The van der Waals surface area contributed by atoms with Crippen LogP contribution in [0, 0.1) is 0 Å². The average Bonchev–Trinajstić information content (AvgIpc) is 3.01. The number of ketones is 1. The Labute approximate surface area is 310 Å². The van der Waals surface area contributed by atoms with Gasteiger partial charge in [-0.05, 0) is 91.8 Å². The number of hydrogen-bond acceptors (Lipinski definition) is 11. The molecule has 0 aromatic heterocycles. The van der Waals surface area contributed by atoms with Crippen LogP contribution in [0.15, 0.2) is 49.7 Å². The summed E-state index contributed by atoms with van der Waals surface area (Å²) in [5.41, 5.74) is 0.503. The van der Waals surface area contributed by atoms with Crippen LogP contribution in [0.3, 0.4) is 0 Å². The summed E-state index contributed by atoms with van der Waals surface area (Å²) in [7, 11) is 0.150. The third-order valence-electron chi connectivity index (χ3n) is 5.28. The number of nitrogens with zero attached hydrogens (tertiary/aromatic N) is 1. The van der Waals surface area contributed by atoms with E-state index in [1.165, 1.54) is 20.3 Å². The molecule has 2 unspecified atom stereocenters. The van der Waals surface area contributed by atoms with Crippen molar-refractivity contribution in [2.45, 2.75) is 64.9 Å². The van der Waals surface area contributed by atoms with Crippen LogP contribution < -0.4 is 14.6 Å². The van der Waals surface area contributed by atoms with Crippen LogP contribution >= 0.6 is 31.9 Å². The number of nitrogens with two attached hydrogens (primary N) is 1. The molecule has 2 atom stereocenters. The van der Waals surface area contributed by atoms with E-state index in [9.17, 15) is 22.8 Å². The lowest BCUT2D eigenvalue weighted by molar-refractivity contribution is -0.137. The summed E-state index contributed by atoms with van der Waals surface area (Å²) >= 11 is 6.61. The van der Waals surface area contributed by atoms with Gasteiger partial charge in [-0.3, -0.25) is 9.93 Å². The standard InChI is InChI=1S/C16H22BrNO5S.C12H13BrO5.C4H11NOS/c1-6-22-15(19)14(18-24(20)16(2,3)4)12-8-7-11(17)9-13(12)23-10-21-5;1-3-17-12(15)11(14)9-5-4-8(13)6-10(9)18-7-16-2;1-4(2,3)7(5)6/h7-9H,6,10H2,1-5H3;4-6H,3,7H2,1-2H3;5H2,1-3H3. The van der Waals surface area contributed by atoms with Gasteiger partial charge in [0.25, 0.3) is 5.78 Å². The highest BCUT2D eigenvalue weighted by atomic mass is 79.9. The van der Waals surface area contributed by atoms with Crippen LogP contribution in [0.4, 0.5) is 0 Å². The first-order valence-corrected chi connectivity index (χ1v) is 18.5. The molecule has 2 aromatic carbocycles. The van der Waals surface area contributed by atoms with E-state index in [-0.39, 0.29) is 48.6 Å². The number of carbonyl (C=O) groups excluding carboxylic acids is 3. The molecule has 0 saturated carbocycles. The second-order valence-corrected chi connectivity index (χ2v) is 16.9. The van der Waals surface area contributed by atoms with Crippen molar-refractivity contribution in [2.75, 3.05) is 41.0 Å². The van der Waals surface area contributed by atoms with Crippen molar-refractivity contribution in [1.29, 1.82) is 0 Å². The molecule has 0 radical (unpaired) electrons. The zero-order valence-corrected chi connectivity index (χ0v) is 34.2. The molecule has 0 saturated heterocycles. The van der Waals surface area contributed by atoms with Gasteiger partial charge in [-0.2, -0.15) is 4.40 Å². The average molecular weight is 859 g/mol. The second-order valence-electron chi connectivity index (χ2n) is 11.4. The fraction of sp³-hybridized carbons (Fsp3) is 0.500. The molecule has 49 heavy (non-hydrogen) atoms. The Balaban J connectivity index is 0.000000808. The summed E-state index contributed by atoms with van der Waals surface area (Å²) in [6.45, 7) is 14.5. The van der Waals surface area contributed by atoms with Crippen LogP contribution in [0.2, 0.25) is 0 Å². The van der Waals surface area contributed by atoms with Crippen LogP contribution in [0.5, 0.6) is 11.5 Å². The molecule has 0 aliphatic carbocycles. The second kappa shape index (κ2) is 23.0. The smallest absolute Gasteiger partial charge is 0.379 e. The minimum Gasteiger partial charge on any atom is -0.467 e. The van der Waals surface area contributed by atoms with Gasteiger partial charge in [-0.25, -0.2) is 18.0 Å². The van der Waals surface area contributed by atoms with Crippen LogP contribution in [0.1, 0.15) is 71.3 Å². The lowest BCUT2D eigenvalue weighted by Gasteiger charge is -2.16. The maximum Gasteiger partial charge on any atom is 0.379 e. The van der Waals surface area contributed by atoms with Gasteiger partial charge in [0, 0.05) is 23.2 Å². The number of ether oxygens (including phenoxy) is 6.